The van der Waals surface area contributed by atoms with Gasteiger partial charge in [-0.3, -0.25) is 4.98 Å². The molecule has 0 saturated carbocycles. The van der Waals surface area contributed by atoms with Crippen molar-refractivity contribution in [2.24, 2.45) is 0 Å². The highest BCUT2D eigenvalue weighted by atomic mass is 16.5. The largest absolute Gasteiger partial charge is 0.487 e. The number of ether oxygens (including phenoxy) is 1. The number of aromatic nitrogens is 3. The van der Waals surface area contributed by atoms with Crippen LogP contribution in [0.2, 0.25) is 0 Å². The number of nitrogens with one attached hydrogen (secondary N) is 1. The van der Waals surface area contributed by atoms with Crippen molar-refractivity contribution in [2.75, 3.05) is 13.1 Å². The molecular formula is C25H24N4O. The third kappa shape index (κ3) is 3.84. The fraction of sp³-hybridized carbons (Fsp3) is 0.200. The van der Waals surface area contributed by atoms with Gasteiger partial charge in [-0.1, -0.05) is 36.4 Å². The molecule has 30 heavy (non-hydrogen) atoms. The van der Waals surface area contributed by atoms with Crippen molar-refractivity contribution < 1.29 is 4.74 Å². The topological polar surface area (TPSA) is 52.0 Å². The lowest BCUT2D eigenvalue weighted by molar-refractivity contribution is 0.301. The highest BCUT2D eigenvalue weighted by molar-refractivity contribution is 5.79. The maximum absolute atomic E-state index is 5.91. The highest BCUT2D eigenvalue weighted by Gasteiger charge is 2.23. The van der Waals surface area contributed by atoms with Gasteiger partial charge >= 0.3 is 0 Å². The summed E-state index contributed by atoms with van der Waals surface area (Å²) in [4.78, 5) is 9.11. The van der Waals surface area contributed by atoms with Crippen molar-refractivity contribution in [1.29, 1.82) is 0 Å². The van der Waals surface area contributed by atoms with Crippen LogP contribution in [-0.2, 0) is 6.61 Å². The zero-order chi connectivity index (χ0) is 20.2. The van der Waals surface area contributed by atoms with Crippen molar-refractivity contribution in [1.82, 2.24) is 19.9 Å². The van der Waals surface area contributed by atoms with Gasteiger partial charge in [-0.25, -0.2) is 4.98 Å². The molecule has 5 rings (SSSR count). The first-order chi connectivity index (χ1) is 14.9. The molecular weight excluding hydrogens is 372 g/mol. The lowest BCUT2D eigenvalue weighted by Gasteiger charge is -2.16. The summed E-state index contributed by atoms with van der Waals surface area (Å²) in [5, 5.41) is 3.47. The van der Waals surface area contributed by atoms with Crippen LogP contribution >= 0.6 is 0 Å². The molecule has 1 aliphatic heterocycles. The highest BCUT2D eigenvalue weighted by Crippen LogP contribution is 2.35. The van der Waals surface area contributed by atoms with Crippen LogP contribution in [0.15, 0.2) is 85.3 Å². The van der Waals surface area contributed by atoms with Gasteiger partial charge in [0.05, 0.1) is 23.4 Å². The zero-order valence-corrected chi connectivity index (χ0v) is 16.7. The van der Waals surface area contributed by atoms with Crippen molar-refractivity contribution in [3.8, 4) is 28.3 Å². The molecule has 150 valence electrons. The Balaban J connectivity index is 1.45. The summed E-state index contributed by atoms with van der Waals surface area (Å²) >= 11 is 0. The van der Waals surface area contributed by atoms with Gasteiger partial charge in [-0.2, -0.15) is 0 Å². The second-order valence-corrected chi connectivity index (χ2v) is 7.50. The first-order valence-corrected chi connectivity index (χ1v) is 10.3. The molecule has 5 heteroatoms. The Labute approximate surface area is 176 Å². The van der Waals surface area contributed by atoms with Crippen LogP contribution in [0.3, 0.4) is 0 Å². The molecule has 5 nitrogen and oxygen atoms in total. The van der Waals surface area contributed by atoms with Gasteiger partial charge in [0.25, 0.3) is 0 Å². The average molecular weight is 396 g/mol. The fourth-order valence-electron chi connectivity index (χ4n) is 3.96. The van der Waals surface area contributed by atoms with E-state index in [4.69, 9.17) is 9.72 Å². The minimum atomic E-state index is 0.421. The van der Waals surface area contributed by atoms with E-state index in [1.165, 1.54) is 0 Å². The molecule has 2 aromatic heterocycles. The Morgan fingerprint density at radius 3 is 2.47 bits per heavy atom. The maximum atomic E-state index is 5.91. The Morgan fingerprint density at radius 1 is 0.900 bits per heavy atom. The summed E-state index contributed by atoms with van der Waals surface area (Å²) < 4.78 is 8.24. The smallest absolute Gasteiger partial charge is 0.130 e. The van der Waals surface area contributed by atoms with Crippen LogP contribution in [0.1, 0.15) is 18.2 Å². The molecule has 0 aliphatic carbocycles. The van der Waals surface area contributed by atoms with Gasteiger partial charge in [-0.15, -0.1) is 0 Å². The van der Waals surface area contributed by atoms with Crippen LogP contribution in [-0.4, -0.2) is 27.6 Å². The minimum Gasteiger partial charge on any atom is -0.487 e. The summed E-state index contributed by atoms with van der Waals surface area (Å²) in [6.45, 7) is 2.48. The molecule has 1 aliphatic rings. The lowest BCUT2D eigenvalue weighted by atomic mass is 10.0. The van der Waals surface area contributed by atoms with E-state index in [9.17, 15) is 0 Å². The molecule has 0 amide bonds. The first kappa shape index (κ1) is 18.6. The number of nitrogens with zero attached hydrogens (tertiary/aromatic N) is 3. The van der Waals surface area contributed by atoms with Crippen molar-refractivity contribution in [2.45, 2.75) is 19.1 Å². The Morgan fingerprint density at radius 2 is 1.73 bits per heavy atom. The van der Waals surface area contributed by atoms with E-state index in [0.717, 1.165) is 53.5 Å². The number of rotatable bonds is 6. The monoisotopic (exact) mass is 396 g/mol. The predicted molar refractivity (Wildman–Crippen MR) is 118 cm³/mol. The van der Waals surface area contributed by atoms with E-state index in [1.807, 2.05) is 42.7 Å². The zero-order valence-electron chi connectivity index (χ0n) is 16.7. The van der Waals surface area contributed by atoms with Crippen molar-refractivity contribution >= 4 is 0 Å². The molecule has 1 atom stereocenters. The van der Waals surface area contributed by atoms with Gasteiger partial charge in [0.2, 0.25) is 0 Å². The van der Waals surface area contributed by atoms with E-state index in [1.54, 1.807) is 6.20 Å². The first-order valence-electron chi connectivity index (χ1n) is 10.3. The standard InChI is InChI=1S/C25H24N4O/c1-2-6-19(7-3-1)24-25(29(18-28-24)22-13-15-26-16-22)20-9-11-23(12-10-20)30-17-21-8-4-5-14-27-21/h1-12,14,18,22,26H,13,15-17H2/t22-/m0/s1. The van der Waals surface area contributed by atoms with E-state index in [0.29, 0.717) is 12.6 Å². The summed E-state index contributed by atoms with van der Waals surface area (Å²) in [5.41, 5.74) is 5.37. The molecule has 0 spiro atoms. The molecule has 0 bridgehead atoms. The number of benzene rings is 2. The summed E-state index contributed by atoms with van der Waals surface area (Å²) in [6, 6.07) is 25.0. The minimum absolute atomic E-state index is 0.421. The Bertz CT molecular complexity index is 1090. The maximum Gasteiger partial charge on any atom is 0.130 e. The van der Waals surface area contributed by atoms with Crippen LogP contribution < -0.4 is 10.1 Å². The Kier molecular flexibility index (Phi) is 5.27. The molecule has 0 radical (unpaired) electrons. The van der Waals surface area contributed by atoms with Crippen LogP contribution in [0.25, 0.3) is 22.5 Å². The van der Waals surface area contributed by atoms with Gasteiger partial charge in [0.1, 0.15) is 12.4 Å². The summed E-state index contributed by atoms with van der Waals surface area (Å²) in [5.74, 6) is 0.833. The molecule has 2 aromatic carbocycles. The molecule has 1 N–H and O–H groups in total. The average Bonchev–Trinajstić information content (AvgIpc) is 3.49. The van der Waals surface area contributed by atoms with Gasteiger partial charge in [0.15, 0.2) is 0 Å². The SMILES string of the molecule is c1ccc(-c2ncn([C@H]3CCNC3)c2-c2ccc(OCc3ccccn3)cc2)cc1. The molecule has 1 fully saturated rings. The third-order valence-corrected chi connectivity index (χ3v) is 5.51. The van der Waals surface area contributed by atoms with Gasteiger partial charge < -0.3 is 14.6 Å². The summed E-state index contributed by atoms with van der Waals surface area (Å²) in [7, 11) is 0. The lowest BCUT2D eigenvalue weighted by Crippen LogP contribution is -2.13. The molecule has 1 saturated heterocycles. The molecule has 0 unspecified atom stereocenters. The van der Waals surface area contributed by atoms with Crippen molar-refractivity contribution in [3.05, 3.63) is 91.0 Å². The van der Waals surface area contributed by atoms with E-state index >= 15 is 0 Å². The third-order valence-electron chi connectivity index (χ3n) is 5.51. The summed E-state index contributed by atoms with van der Waals surface area (Å²) in [6.07, 6.45) is 4.88. The number of pyridine rings is 1. The van der Waals surface area contributed by atoms with E-state index < -0.39 is 0 Å². The van der Waals surface area contributed by atoms with Gasteiger partial charge in [0, 0.05) is 29.9 Å². The number of hydrogen-bond acceptors (Lipinski definition) is 4. The Hall–Kier alpha value is -3.44. The number of hydrogen-bond donors (Lipinski definition) is 1. The van der Waals surface area contributed by atoms with Crippen LogP contribution in [0.5, 0.6) is 5.75 Å². The number of imidazole rings is 1. The quantitative estimate of drug-likeness (QED) is 0.512. The van der Waals surface area contributed by atoms with Crippen LogP contribution in [0.4, 0.5) is 0 Å². The predicted octanol–water partition coefficient (Wildman–Crippen LogP) is 4.73. The van der Waals surface area contributed by atoms with E-state index in [-0.39, 0.29) is 0 Å². The second-order valence-electron chi connectivity index (χ2n) is 7.50. The molecule has 4 aromatic rings. The molecule has 3 heterocycles. The normalized spacial score (nSPS) is 15.9. The van der Waals surface area contributed by atoms with Crippen molar-refractivity contribution in [3.63, 3.8) is 0 Å². The van der Waals surface area contributed by atoms with Gasteiger partial charge in [-0.05, 0) is 49.4 Å². The van der Waals surface area contributed by atoms with Crippen LogP contribution in [0, 0.1) is 0 Å². The second kappa shape index (κ2) is 8.51. The fourth-order valence-corrected chi connectivity index (χ4v) is 3.96. The van der Waals surface area contributed by atoms with E-state index in [2.05, 4.69) is 51.3 Å².